The van der Waals surface area contributed by atoms with E-state index in [1.807, 2.05) is 19.0 Å². The summed E-state index contributed by atoms with van der Waals surface area (Å²) in [7, 11) is 3.76. The van der Waals surface area contributed by atoms with Crippen molar-refractivity contribution < 1.29 is 5.11 Å². The molecule has 0 aliphatic heterocycles. The lowest BCUT2D eigenvalue weighted by atomic mass is 10.3. The minimum atomic E-state index is -0.522. The average Bonchev–Trinajstić information content (AvgIpc) is 2.63. The molecule has 1 atom stereocenters. The topological polar surface area (TPSA) is 85.1 Å². The van der Waals surface area contributed by atoms with Crippen molar-refractivity contribution in [3.63, 3.8) is 0 Å². The molecule has 0 fully saturated rings. The first-order chi connectivity index (χ1) is 6.69. The van der Waals surface area contributed by atoms with Gasteiger partial charge in [0.25, 0.3) is 0 Å². The van der Waals surface area contributed by atoms with E-state index in [-0.39, 0.29) is 6.61 Å². The second-order valence-electron chi connectivity index (χ2n) is 2.84. The number of aliphatic hydroxyl groups is 1. The first-order valence-electron chi connectivity index (χ1n) is 3.97. The molecule has 1 heterocycles. The number of rotatable bonds is 4. The van der Waals surface area contributed by atoms with Crippen LogP contribution in [0.4, 0.5) is 5.13 Å². The van der Waals surface area contributed by atoms with E-state index in [1.54, 1.807) is 6.20 Å². The number of hydrogen-bond donors (Lipinski definition) is 1. The third kappa shape index (κ3) is 2.35. The van der Waals surface area contributed by atoms with E-state index in [1.165, 1.54) is 11.3 Å². The van der Waals surface area contributed by atoms with Gasteiger partial charge in [-0.3, -0.25) is 0 Å². The van der Waals surface area contributed by atoms with Crippen molar-refractivity contribution in [2.24, 2.45) is 5.11 Å². The lowest BCUT2D eigenvalue weighted by Crippen LogP contribution is -2.07. The van der Waals surface area contributed by atoms with E-state index < -0.39 is 6.04 Å². The Morgan fingerprint density at radius 3 is 2.93 bits per heavy atom. The molecule has 1 aromatic rings. The van der Waals surface area contributed by atoms with Gasteiger partial charge in [-0.25, -0.2) is 4.98 Å². The number of aliphatic hydroxyl groups excluding tert-OH is 1. The fraction of sp³-hybridized carbons (Fsp3) is 0.571. The molecule has 14 heavy (non-hydrogen) atoms. The van der Waals surface area contributed by atoms with E-state index in [2.05, 4.69) is 15.0 Å². The molecule has 6 nitrogen and oxygen atoms in total. The largest absolute Gasteiger partial charge is 0.396 e. The van der Waals surface area contributed by atoms with Crippen molar-refractivity contribution in [2.45, 2.75) is 6.04 Å². The number of thiazole rings is 1. The van der Waals surface area contributed by atoms with Crippen LogP contribution in [-0.2, 0) is 0 Å². The van der Waals surface area contributed by atoms with Crippen LogP contribution in [-0.4, -0.2) is 30.8 Å². The van der Waals surface area contributed by atoms with Crippen molar-refractivity contribution in [3.8, 4) is 0 Å². The first-order valence-corrected chi connectivity index (χ1v) is 4.78. The SMILES string of the molecule is CN(C)c1ncc(C(CO)N=[N+]=[N-])s1. The number of aromatic nitrogens is 1. The van der Waals surface area contributed by atoms with E-state index in [0.717, 1.165) is 10.0 Å². The van der Waals surface area contributed by atoms with Gasteiger partial charge in [0.05, 0.1) is 12.6 Å². The van der Waals surface area contributed by atoms with E-state index in [4.69, 9.17) is 10.6 Å². The van der Waals surface area contributed by atoms with Crippen molar-refractivity contribution in [2.75, 3.05) is 25.6 Å². The van der Waals surface area contributed by atoms with Crippen LogP contribution in [0.1, 0.15) is 10.9 Å². The van der Waals surface area contributed by atoms with Gasteiger partial charge in [-0.1, -0.05) is 5.11 Å². The summed E-state index contributed by atoms with van der Waals surface area (Å²) in [6.45, 7) is -0.195. The summed E-state index contributed by atoms with van der Waals surface area (Å²) in [4.78, 5) is 9.42. The Bertz CT molecular complexity index is 344. The minimum absolute atomic E-state index is 0.195. The molecule has 0 bridgehead atoms. The van der Waals surface area contributed by atoms with Crippen LogP contribution in [0, 0.1) is 0 Å². The Morgan fingerprint density at radius 2 is 2.50 bits per heavy atom. The van der Waals surface area contributed by atoms with Gasteiger partial charge in [-0.15, -0.1) is 11.3 Å². The summed E-state index contributed by atoms with van der Waals surface area (Å²) in [6, 6.07) is -0.522. The zero-order valence-electron chi connectivity index (χ0n) is 7.95. The fourth-order valence-electron chi connectivity index (χ4n) is 0.883. The van der Waals surface area contributed by atoms with Gasteiger partial charge < -0.3 is 10.0 Å². The summed E-state index contributed by atoms with van der Waals surface area (Å²) in [6.07, 6.45) is 1.62. The highest BCUT2D eigenvalue weighted by Crippen LogP contribution is 2.27. The quantitative estimate of drug-likeness (QED) is 0.467. The predicted octanol–water partition coefficient (Wildman–Crippen LogP) is 1.55. The molecule has 0 aliphatic rings. The lowest BCUT2D eigenvalue weighted by Gasteiger charge is -2.06. The van der Waals surface area contributed by atoms with Gasteiger partial charge in [0.1, 0.15) is 0 Å². The van der Waals surface area contributed by atoms with Crippen LogP contribution in [0.15, 0.2) is 11.3 Å². The Labute approximate surface area is 85.4 Å². The smallest absolute Gasteiger partial charge is 0.184 e. The molecular weight excluding hydrogens is 202 g/mol. The number of nitrogens with zero attached hydrogens (tertiary/aromatic N) is 5. The number of anilines is 1. The number of azide groups is 1. The Balaban J connectivity index is 2.88. The van der Waals surface area contributed by atoms with Crippen LogP contribution < -0.4 is 4.90 Å². The van der Waals surface area contributed by atoms with Crippen LogP contribution in [0.3, 0.4) is 0 Å². The molecule has 0 saturated heterocycles. The van der Waals surface area contributed by atoms with Crippen LogP contribution in [0.2, 0.25) is 0 Å². The highest BCUT2D eigenvalue weighted by Gasteiger charge is 2.12. The molecule has 0 aromatic carbocycles. The summed E-state index contributed by atoms with van der Waals surface area (Å²) < 4.78 is 0. The van der Waals surface area contributed by atoms with Gasteiger partial charge in [0, 0.05) is 30.1 Å². The van der Waals surface area contributed by atoms with Crippen molar-refractivity contribution in [1.82, 2.24) is 4.98 Å². The summed E-state index contributed by atoms with van der Waals surface area (Å²) in [5, 5.41) is 13.3. The zero-order valence-corrected chi connectivity index (χ0v) is 8.77. The molecule has 1 rings (SSSR count). The highest BCUT2D eigenvalue weighted by molar-refractivity contribution is 7.15. The zero-order chi connectivity index (χ0) is 10.6. The van der Waals surface area contributed by atoms with E-state index >= 15 is 0 Å². The fourth-order valence-corrected chi connectivity index (χ4v) is 1.75. The second-order valence-corrected chi connectivity index (χ2v) is 3.88. The van der Waals surface area contributed by atoms with Crippen molar-refractivity contribution in [3.05, 3.63) is 21.5 Å². The first kappa shape index (κ1) is 10.8. The van der Waals surface area contributed by atoms with Crippen molar-refractivity contribution >= 4 is 16.5 Å². The maximum absolute atomic E-state index is 8.96. The number of hydrogen-bond acceptors (Lipinski definition) is 5. The molecule has 76 valence electrons. The summed E-state index contributed by atoms with van der Waals surface area (Å²) >= 11 is 1.40. The second kappa shape index (κ2) is 4.80. The highest BCUT2D eigenvalue weighted by atomic mass is 32.1. The molecular formula is C7H11N5OS. The average molecular weight is 213 g/mol. The third-order valence-electron chi connectivity index (χ3n) is 1.59. The van der Waals surface area contributed by atoms with Gasteiger partial charge in [0.2, 0.25) is 0 Å². The summed E-state index contributed by atoms with van der Waals surface area (Å²) in [5.41, 5.74) is 8.27. The third-order valence-corrected chi connectivity index (χ3v) is 2.85. The predicted molar refractivity (Wildman–Crippen MR) is 55.4 cm³/mol. The Kier molecular flexibility index (Phi) is 3.70. The van der Waals surface area contributed by atoms with Gasteiger partial charge in [0.15, 0.2) is 5.13 Å². The molecule has 0 amide bonds. The Morgan fingerprint density at radius 1 is 1.79 bits per heavy atom. The van der Waals surface area contributed by atoms with Crippen LogP contribution in [0.25, 0.3) is 10.4 Å². The molecule has 1 N–H and O–H groups in total. The normalized spacial score (nSPS) is 11.9. The molecule has 0 aliphatic carbocycles. The standard InChI is InChI=1S/C7H11N5OS/c1-12(2)7-9-3-6(14-7)5(4-13)10-11-8/h3,5,13H,4H2,1-2H3. The van der Waals surface area contributed by atoms with E-state index in [9.17, 15) is 0 Å². The molecule has 1 unspecified atom stereocenters. The monoisotopic (exact) mass is 213 g/mol. The molecule has 0 saturated carbocycles. The minimum Gasteiger partial charge on any atom is -0.396 e. The van der Waals surface area contributed by atoms with Gasteiger partial charge in [-0.2, -0.15) is 0 Å². The maximum atomic E-state index is 8.96. The van der Waals surface area contributed by atoms with Crippen molar-refractivity contribution in [1.29, 1.82) is 0 Å². The molecule has 1 aromatic heterocycles. The Hall–Kier alpha value is -1.30. The lowest BCUT2D eigenvalue weighted by molar-refractivity contribution is 0.269. The molecule has 7 heteroatoms. The van der Waals surface area contributed by atoms with E-state index in [0.29, 0.717) is 0 Å². The van der Waals surface area contributed by atoms with Crippen LogP contribution >= 0.6 is 11.3 Å². The summed E-state index contributed by atoms with van der Waals surface area (Å²) in [5.74, 6) is 0. The molecule has 0 spiro atoms. The van der Waals surface area contributed by atoms with Gasteiger partial charge in [-0.05, 0) is 5.53 Å². The van der Waals surface area contributed by atoms with Gasteiger partial charge >= 0.3 is 0 Å². The molecule has 0 radical (unpaired) electrons. The van der Waals surface area contributed by atoms with Crippen LogP contribution in [0.5, 0.6) is 0 Å². The maximum Gasteiger partial charge on any atom is 0.184 e.